The van der Waals surface area contributed by atoms with E-state index in [1.165, 1.54) is 0 Å². The van der Waals surface area contributed by atoms with Crippen molar-refractivity contribution in [1.82, 2.24) is 0 Å². The summed E-state index contributed by atoms with van der Waals surface area (Å²) in [6.07, 6.45) is 0. The molecule has 3 nitrogen and oxygen atoms in total. The standard InChI is InChI=1S/C11H15NO2/c1-3-14-9-11(13)12(2)10-7-5-4-6-8-10/h4-8H,3,9H2,1-2H3. The SMILES string of the molecule is CCOCC(=O)N(C)c1ccccc1. The summed E-state index contributed by atoms with van der Waals surface area (Å²) in [4.78, 5) is 13.1. The fourth-order valence-electron chi connectivity index (χ4n) is 1.08. The molecule has 0 fully saturated rings. The highest BCUT2D eigenvalue weighted by Gasteiger charge is 2.09. The molecule has 1 amide bonds. The van der Waals surface area contributed by atoms with E-state index in [2.05, 4.69) is 0 Å². The van der Waals surface area contributed by atoms with E-state index in [0.717, 1.165) is 5.69 Å². The van der Waals surface area contributed by atoms with Crippen LogP contribution in [0.2, 0.25) is 0 Å². The van der Waals surface area contributed by atoms with Gasteiger partial charge in [-0.1, -0.05) is 18.2 Å². The van der Waals surface area contributed by atoms with Gasteiger partial charge in [0.05, 0.1) is 0 Å². The monoisotopic (exact) mass is 193 g/mol. The number of likely N-dealkylation sites (N-methyl/N-ethyl adjacent to an activating group) is 1. The number of hydrogen-bond acceptors (Lipinski definition) is 2. The van der Waals surface area contributed by atoms with Gasteiger partial charge >= 0.3 is 0 Å². The molecule has 0 heterocycles. The van der Waals surface area contributed by atoms with E-state index in [9.17, 15) is 4.79 Å². The van der Waals surface area contributed by atoms with Gasteiger partial charge in [0.15, 0.2) is 0 Å². The number of amides is 1. The number of para-hydroxylation sites is 1. The van der Waals surface area contributed by atoms with Crippen molar-refractivity contribution in [2.75, 3.05) is 25.2 Å². The maximum absolute atomic E-state index is 11.5. The highest BCUT2D eigenvalue weighted by Crippen LogP contribution is 2.10. The second kappa shape index (κ2) is 5.40. The summed E-state index contributed by atoms with van der Waals surface area (Å²) >= 11 is 0. The number of hydrogen-bond donors (Lipinski definition) is 0. The Balaban J connectivity index is 2.57. The van der Waals surface area contributed by atoms with Crippen molar-refractivity contribution in [2.45, 2.75) is 6.92 Å². The van der Waals surface area contributed by atoms with Crippen LogP contribution in [0.4, 0.5) is 5.69 Å². The minimum absolute atomic E-state index is 0.0296. The average Bonchev–Trinajstić information content (AvgIpc) is 2.26. The Labute approximate surface area is 84.3 Å². The van der Waals surface area contributed by atoms with Crippen molar-refractivity contribution in [3.05, 3.63) is 30.3 Å². The molecule has 0 aliphatic heterocycles. The Morgan fingerprint density at radius 3 is 2.57 bits per heavy atom. The Bertz CT molecular complexity index is 285. The van der Waals surface area contributed by atoms with Crippen LogP contribution in [0, 0.1) is 0 Å². The summed E-state index contributed by atoms with van der Waals surface area (Å²) < 4.78 is 5.05. The predicted octanol–water partition coefficient (Wildman–Crippen LogP) is 1.69. The molecule has 0 saturated carbocycles. The summed E-state index contributed by atoms with van der Waals surface area (Å²) in [5.41, 5.74) is 0.886. The second-order valence-corrected chi connectivity index (χ2v) is 2.93. The van der Waals surface area contributed by atoms with Crippen molar-refractivity contribution in [3.63, 3.8) is 0 Å². The second-order valence-electron chi connectivity index (χ2n) is 2.93. The molecule has 1 rings (SSSR count). The number of carbonyl (C=O) groups excluding carboxylic acids is 1. The molecule has 14 heavy (non-hydrogen) atoms. The minimum atomic E-state index is -0.0296. The lowest BCUT2D eigenvalue weighted by molar-refractivity contribution is -0.122. The first-order chi connectivity index (χ1) is 6.75. The van der Waals surface area contributed by atoms with Crippen LogP contribution in [0.5, 0.6) is 0 Å². The lowest BCUT2D eigenvalue weighted by Gasteiger charge is -2.16. The van der Waals surface area contributed by atoms with Gasteiger partial charge in [-0.25, -0.2) is 0 Å². The van der Waals surface area contributed by atoms with Gasteiger partial charge in [0.25, 0.3) is 5.91 Å². The van der Waals surface area contributed by atoms with Crippen molar-refractivity contribution in [2.24, 2.45) is 0 Å². The van der Waals surface area contributed by atoms with Gasteiger partial charge in [-0.2, -0.15) is 0 Å². The molecule has 76 valence electrons. The van der Waals surface area contributed by atoms with E-state index in [0.29, 0.717) is 6.61 Å². The molecule has 0 aliphatic carbocycles. The van der Waals surface area contributed by atoms with Gasteiger partial charge in [-0.3, -0.25) is 4.79 Å². The highest BCUT2D eigenvalue weighted by atomic mass is 16.5. The zero-order chi connectivity index (χ0) is 10.4. The molecule has 0 saturated heterocycles. The number of carbonyl (C=O) groups is 1. The van der Waals surface area contributed by atoms with Crippen LogP contribution in [-0.2, 0) is 9.53 Å². The molecule has 0 unspecified atom stereocenters. The van der Waals surface area contributed by atoms with Gasteiger partial charge in [0, 0.05) is 19.3 Å². The van der Waals surface area contributed by atoms with Crippen LogP contribution in [0.25, 0.3) is 0 Å². The normalized spacial score (nSPS) is 9.86. The fraction of sp³-hybridized carbons (Fsp3) is 0.364. The van der Waals surface area contributed by atoms with Crippen LogP contribution in [0.3, 0.4) is 0 Å². The van der Waals surface area contributed by atoms with Crippen molar-refractivity contribution < 1.29 is 9.53 Å². The van der Waals surface area contributed by atoms with Gasteiger partial charge in [0.1, 0.15) is 6.61 Å². The molecule has 1 aromatic rings. The van der Waals surface area contributed by atoms with Gasteiger partial charge < -0.3 is 9.64 Å². The van der Waals surface area contributed by atoms with Crippen LogP contribution >= 0.6 is 0 Å². The van der Waals surface area contributed by atoms with Crippen molar-refractivity contribution in [3.8, 4) is 0 Å². The summed E-state index contributed by atoms with van der Waals surface area (Å²) in [6.45, 7) is 2.58. The molecule has 0 atom stereocenters. The highest BCUT2D eigenvalue weighted by molar-refractivity contribution is 5.93. The summed E-state index contributed by atoms with van der Waals surface area (Å²) in [6, 6.07) is 9.51. The first-order valence-corrected chi connectivity index (χ1v) is 4.65. The van der Waals surface area contributed by atoms with Crippen molar-refractivity contribution in [1.29, 1.82) is 0 Å². The number of anilines is 1. The molecule has 0 spiro atoms. The van der Waals surface area contributed by atoms with Gasteiger partial charge in [-0.05, 0) is 19.1 Å². The van der Waals surface area contributed by atoms with Gasteiger partial charge in [0.2, 0.25) is 0 Å². The zero-order valence-corrected chi connectivity index (χ0v) is 8.56. The molecule has 0 aromatic heterocycles. The van der Waals surface area contributed by atoms with E-state index in [4.69, 9.17) is 4.74 Å². The Morgan fingerprint density at radius 1 is 1.36 bits per heavy atom. The van der Waals surface area contributed by atoms with E-state index >= 15 is 0 Å². The summed E-state index contributed by atoms with van der Waals surface area (Å²) in [7, 11) is 1.75. The van der Waals surface area contributed by atoms with Crippen molar-refractivity contribution >= 4 is 11.6 Å². The Morgan fingerprint density at radius 2 is 2.00 bits per heavy atom. The number of benzene rings is 1. The van der Waals surface area contributed by atoms with E-state index < -0.39 is 0 Å². The molecule has 0 radical (unpaired) electrons. The maximum Gasteiger partial charge on any atom is 0.252 e. The number of nitrogens with zero attached hydrogens (tertiary/aromatic N) is 1. The third kappa shape index (κ3) is 2.85. The molecule has 1 aromatic carbocycles. The van der Waals surface area contributed by atoms with Crippen LogP contribution in [0.15, 0.2) is 30.3 Å². The molecular formula is C11H15NO2. The minimum Gasteiger partial charge on any atom is -0.372 e. The van der Waals surface area contributed by atoms with Crippen LogP contribution < -0.4 is 4.90 Å². The average molecular weight is 193 g/mol. The summed E-state index contributed by atoms with van der Waals surface area (Å²) in [5, 5.41) is 0. The lowest BCUT2D eigenvalue weighted by Crippen LogP contribution is -2.29. The first-order valence-electron chi connectivity index (χ1n) is 4.65. The molecular weight excluding hydrogens is 178 g/mol. The maximum atomic E-state index is 11.5. The van der Waals surface area contributed by atoms with E-state index in [1.807, 2.05) is 37.3 Å². The van der Waals surface area contributed by atoms with Gasteiger partial charge in [-0.15, -0.1) is 0 Å². The Kier molecular flexibility index (Phi) is 4.13. The zero-order valence-electron chi connectivity index (χ0n) is 8.56. The third-order valence-electron chi connectivity index (χ3n) is 1.95. The predicted molar refractivity (Wildman–Crippen MR) is 56.3 cm³/mol. The van der Waals surface area contributed by atoms with E-state index in [-0.39, 0.29) is 12.5 Å². The van der Waals surface area contributed by atoms with Crippen LogP contribution in [0.1, 0.15) is 6.92 Å². The fourth-order valence-corrected chi connectivity index (χ4v) is 1.08. The third-order valence-corrected chi connectivity index (χ3v) is 1.95. The Hall–Kier alpha value is -1.35. The quantitative estimate of drug-likeness (QED) is 0.728. The molecule has 0 aliphatic rings. The first kappa shape index (κ1) is 10.7. The van der Waals surface area contributed by atoms with Crippen LogP contribution in [-0.4, -0.2) is 26.2 Å². The van der Waals surface area contributed by atoms with E-state index in [1.54, 1.807) is 11.9 Å². The summed E-state index contributed by atoms with van der Waals surface area (Å²) in [5.74, 6) is -0.0296. The smallest absolute Gasteiger partial charge is 0.252 e. The number of rotatable bonds is 4. The topological polar surface area (TPSA) is 29.5 Å². The largest absolute Gasteiger partial charge is 0.372 e. The molecule has 0 bridgehead atoms. The molecule has 3 heteroatoms. The molecule has 0 N–H and O–H groups in total. The lowest BCUT2D eigenvalue weighted by atomic mass is 10.3. The number of ether oxygens (including phenoxy) is 1.